The van der Waals surface area contributed by atoms with Crippen LogP contribution in [0.25, 0.3) is 0 Å². The summed E-state index contributed by atoms with van der Waals surface area (Å²) >= 11 is 0. The highest BCUT2D eigenvalue weighted by atomic mass is 16.4. The van der Waals surface area contributed by atoms with Gasteiger partial charge in [0.15, 0.2) is 0 Å². The molecule has 6 heteroatoms. The number of carboxylic acids is 1. The number of carbonyl (C=O) groups is 1. The zero-order chi connectivity index (χ0) is 13.9. The van der Waals surface area contributed by atoms with Gasteiger partial charge in [-0.2, -0.15) is 0 Å². The van der Waals surface area contributed by atoms with E-state index in [0.29, 0.717) is 5.56 Å². The molecule has 0 heterocycles. The van der Waals surface area contributed by atoms with Crippen molar-refractivity contribution >= 4 is 5.97 Å². The molecule has 2 atom stereocenters. The molecule has 0 aliphatic carbocycles. The number of hydrogen-bond acceptors (Lipinski definition) is 5. The summed E-state index contributed by atoms with van der Waals surface area (Å²) < 4.78 is 0. The minimum absolute atomic E-state index is 0.0819. The van der Waals surface area contributed by atoms with E-state index < -0.39 is 17.4 Å². The largest absolute Gasteiger partial charge is 0.508 e. The maximum atomic E-state index is 11.4. The molecule has 0 aliphatic rings. The SMILES string of the molecule is CCC(NN)(C(=O)O)C(C)c1ccc(O)cc1O. The van der Waals surface area contributed by atoms with Crippen LogP contribution in [0.3, 0.4) is 0 Å². The standard InChI is InChI=1S/C12H18N2O4/c1-3-12(14-13,11(17)18)7(2)9-5-4-8(15)6-10(9)16/h4-7,14-16H,3,13H2,1-2H3,(H,17,18). The number of rotatable bonds is 5. The third kappa shape index (κ3) is 2.25. The van der Waals surface area contributed by atoms with Gasteiger partial charge in [0, 0.05) is 12.0 Å². The molecule has 0 aliphatic heterocycles. The summed E-state index contributed by atoms with van der Waals surface area (Å²) in [5.74, 6) is 3.48. The summed E-state index contributed by atoms with van der Waals surface area (Å²) in [6, 6.07) is 4.05. The number of aliphatic carboxylic acids is 1. The Morgan fingerprint density at radius 2 is 2.11 bits per heavy atom. The Hall–Kier alpha value is -1.79. The van der Waals surface area contributed by atoms with Gasteiger partial charge in [0.1, 0.15) is 17.0 Å². The molecule has 0 amide bonds. The second-order valence-electron chi connectivity index (χ2n) is 4.24. The van der Waals surface area contributed by atoms with Crippen LogP contribution in [0.2, 0.25) is 0 Å². The number of hydrazine groups is 1. The van der Waals surface area contributed by atoms with E-state index in [1.807, 2.05) is 0 Å². The van der Waals surface area contributed by atoms with Crippen molar-refractivity contribution in [1.29, 1.82) is 0 Å². The van der Waals surface area contributed by atoms with Crippen LogP contribution in [-0.2, 0) is 4.79 Å². The molecular weight excluding hydrogens is 236 g/mol. The second-order valence-corrected chi connectivity index (χ2v) is 4.24. The normalized spacial score (nSPS) is 15.9. The van der Waals surface area contributed by atoms with Gasteiger partial charge in [-0.05, 0) is 18.1 Å². The van der Waals surface area contributed by atoms with Gasteiger partial charge in [-0.3, -0.25) is 10.6 Å². The van der Waals surface area contributed by atoms with E-state index in [9.17, 15) is 20.1 Å². The lowest BCUT2D eigenvalue weighted by Crippen LogP contribution is -2.58. The number of hydrogen-bond donors (Lipinski definition) is 5. The number of nitrogens with two attached hydrogens (primary N) is 1. The van der Waals surface area contributed by atoms with Gasteiger partial charge in [-0.25, -0.2) is 5.43 Å². The lowest BCUT2D eigenvalue weighted by atomic mass is 9.78. The lowest BCUT2D eigenvalue weighted by Gasteiger charge is -2.34. The summed E-state index contributed by atoms with van der Waals surface area (Å²) in [7, 11) is 0. The predicted molar refractivity (Wildman–Crippen MR) is 66.2 cm³/mol. The van der Waals surface area contributed by atoms with Crippen molar-refractivity contribution in [3.63, 3.8) is 0 Å². The fourth-order valence-electron chi connectivity index (χ4n) is 2.10. The first-order chi connectivity index (χ1) is 8.39. The minimum Gasteiger partial charge on any atom is -0.508 e. The summed E-state index contributed by atoms with van der Waals surface area (Å²) in [6.45, 7) is 3.35. The third-order valence-corrected chi connectivity index (χ3v) is 3.42. The third-order valence-electron chi connectivity index (χ3n) is 3.42. The molecule has 0 spiro atoms. The van der Waals surface area contributed by atoms with Crippen LogP contribution < -0.4 is 11.3 Å². The molecule has 1 rings (SSSR count). The first kappa shape index (κ1) is 14.3. The number of carboxylic acid groups (broad SMARTS) is 1. The first-order valence-corrected chi connectivity index (χ1v) is 5.62. The maximum absolute atomic E-state index is 11.4. The Balaban J connectivity index is 3.25. The highest BCUT2D eigenvalue weighted by Gasteiger charge is 2.42. The lowest BCUT2D eigenvalue weighted by molar-refractivity contribution is -0.146. The quantitative estimate of drug-likeness (QED) is 0.394. The Kier molecular flexibility index (Phi) is 4.15. The molecule has 0 fully saturated rings. The van der Waals surface area contributed by atoms with Gasteiger partial charge in [0.05, 0.1) is 0 Å². The van der Waals surface area contributed by atoms with Crippen LogP contribution in [-0.4, -0.2) is 26.8 Å². The van der Waals surface area contributed by atoms with Gasteiger partial charge < -0.3 is 15.3 Å². The van der Waals surface area contributed by atoms with Crippen molar-refractivity contribution in [2.24, 2.45) is 5.84 Å². The maximum Gasteiger partial charge on any atom is 0.325 e. The van der Waals surface area contributed by atoms with E-state index >= 15 is 0 Å². The Bertz CT molecular complexity index is 444. The van der Waals surface area contributed by atoms with Crippen molar-refractivity contribution < 1.29 is 20.1 Å². The molecular formula is C12H18N2O4. The van der Waals surface area contributed by atoms with E-state index in [4.69, 9.17) is 5.84 Å². The van der Waals surface area contributed by atoms with Crippen LogP contribution in [0.4, 0.5) is 0 Å². The molecule has 6 nitrogen and oxygen atoms in total. The van der Waals surface area contributed by atoms with Crippen LogP contribution >= 0.6 is 0 Å². The van der Waals surface area contributed by atoms with E-state index in [0.717, 1.165) is 0 Å². The van der Waals surface area contributed by atoms with Crippen LogP contribution in [0.15, 0.2) is 18.2 Å². The van der Waals surface area contributed by atoms with Crippen molar-refractivity contribution in [3.05, 3.63) is 23.8 Å². The molecule has 0 saturated carbocycles. The second kappa shape index (κ2) is 5.24. The van der Waals surface area contributed by atoms with E-state index in [1.165, 1.54) is 18.2 Å². The van der Waals surface area contributed by atoms with Crippen molar-refractivity contribution in [2.75, 3.05) is 0 Å². The molecule has 1 aromatic rings. The zero-order valence-electron chi connectivity index (χ0n) is 10.3. The molecule has 1 aromatic carbocycles. The molecule has 2 unspecified atom stereocenters. The van der Waals surface area contributed by atoms with Crippen LogP contribution in [0.1, 0.15) is 31.7 Å². The van der Waals surface area contributed by atoms with Crippen molar-refractivity contribution in [3.8, 4) is 11.5 Å². The molecule has 0 radical (unpaired) electrons. The first-order valence-electron chi connectivity index (χ1n) is 5.62. The molecule has 0 aromatic heterocycles. The van der Waals surface area contributed by atoms with E-state index in [1.54, 1.807) is 13.8 Å². The van der Waals surface area contributed by atoms with Gasteiger partial charge in [0.25, 0.3) is 0 Å². The predicted octanol–water partition coefficient (Wildman–Crippen LogP) is 0.898. The number of phenols is 2. The zero-order valence-corrected chi connectivity index (χ0v) is 10.3. The van der Waals surface area contributed by atoms with Crippen LogP contribution in [0, 0.1) is 0 Å². The molecule has 0 bridgehead atoms. The van der Waals surface area contributed by atoms with Crippen molar-refractivity contribution in [1.82, 2.24) is 5.43 Å². The van der Waals surface area contributed by atoms with E-state index in [2.05, 4.69) is 5.43 Å². The number of phenolic OH excluding ortho intramolecular Hbond substituents is 2. The Labute approximate surface area is 105 Å². The van der Waals surface area contributed by atoms with Gasteiger partial charge in [-0.15, -0.1) is 0 Å². The smallest absolute Gasteiger partial charge is 0.325 e. The fraction of sp³-hybridized carbons (Fsp3) is 0.417. The molecule has 18 heavy (non-hydrogen) atoms. The Morgan fingerprint density at radius 1 is 1.50 bits per heavy atom. The number of benzene rings is 1. The molecule has 0 saturated heterocycles. The highest BCUT2D eigenvalue weighted by Crippen LogP contribution is 2.36. The summed E-state index contributed by atoms with van der Waals surface area (Å²) in [5, 5.41) is 28.3. The molecule has 6 N–H and O–H groups in total. The summed E-state index contributed by atoms with van der Waals surface area (Å²) in [5.41, 5.74) is 1.38. The Morgan fingerprint density at radius 3 is 2.50 bits per heavy atom. The topological polar surface area (TPSA) is 116 Å². The number of aromatic hydroxyl groups is 2. The van der Waals surface area contributed by atoms with Gasteiger partial charge in [0.2, 0.25) is 0 Å². The summed E-state index contributed by atoms with van der Waals surface area (Å²) in [4.78, 5) is 11.4. The van der Waals surface area contributed by atoms with E-state index in [-0.39, 0.29) is 17.9 Å². The van der Waals surface area contributed by atoms with Crippen LogP contribution in [0.5, 0.6) is 11.5 Å². The minimum atomic E-state index is -1.37. The van der Waals surface area contributed by atoms with Gasteiger partial charge in [-0.1, -0.05) is 19.9 Å². The average molecular weight is 254 g/mol. The average Bonchev–Trinajstić information content (AvgIpc) is 2.30. The van der Waals surface area contributed by atoms with Gasteiger partial charge >= 0.3 is 5.97 Å². The van der Waals surface area contributed by atoms with Crippen molar-refractivity contribution in [2.45, 2.75) is 31.7 Å². The number of nitrogens with one attached hydrogen (secondary N) is 1. The fourth-order valence-corrected chi connectivity index (χ4v) is 2.10. The highest BCUT2D eigenvalue weighted by molar-refractivity contribution is 5.80. The summed E-state index contributed by atoms with van der Waals surface area (Å²) in [6.07, 6.45) is 0.250. The molecule has 100 valence electrons. The monoisotopic (exact) mass is 254 g/mol.